The predicted molar refractivity (Wildman–Crippen MR) is 105 cm³/mol. The molecule has 4 nitrogen and oxygen atoms in total. The summed E-state index contributed by atoms with van der Waals surface area (Å²) in [4.78, 5) is 26.1. The fourth-order valence-corrected chi connectivity index (χ4v) is 3.23. The topological polar surface area (TPSA) is 72.2 Å². The van der Waals surface area contributed by atoms with Crippen LogP contribution in [-0.4, -0.2) is 11.6 Å². The minimum absolute atomic E-state index is 0. The lowest BCUT2D eigenvalue weighted by Gasteiger charge is -2.23. The van der Waals surface area contributed by atoms with Crippen LogP contribution in [0.25, 0.3) is 0 Å². The van der Waals surface area contributed by atoms with Crippen LogP contribution in [0.3, 0.4) is 0 Å². The molecule has 4 rings (SSSR count). The second-order valence-corrected chi connectivity index (χ2v) is 6.10. The third-order valence-electron chi connectivity index (χ3n) is 4.50. The Bertz CT molecular complexity index is 1020. The Morgan fingerprint density at radius 3 is 1.96 bits per heavy atom. The normalized spacial score (nSPS) is 12.0. The summed E-state index contributed by atoms with van der Waals surface area (Å²) < 4.78 is 0. The van der Waals surface area contributed by atoms with E-state index < -0.39 is 0 Å². The Balaban J connectivity index is 0.00000196. The summed E-state index contributed by atoms with van der Waals surface area (Å²) in [6.45, 7) is 1.84. The Morgan fingerprint density at radius 1 is 0.808 bits per heavy atom. The van der Waals surface area contributed by atoms with Gasteiger partial charge in [-0.15, -0.1) is 0 Å². The Morgan fingerprint density at radius 2 is 1.35 bits per heavy atom. The number of anilines is 3. The van der Waals surface area contributed by atoms with E-state index in [9.17, 15) is 9.59 Å². The molecule has 0 radical (unpaired) electrons. The molecule has 4 heteroatoms. The van der Waals surface area contributed by atoms with Crippen LogP contribution < -0.4 is 11.1 Å². The van der Waals surface area contributed by atoms with E-state index in [4.69, 9.17) is 5.73 Å². The van der Waals surface area contributed by atoms with Gasteiger partial charge in [0.1, 0.15) is 0 Å². The lowest BCUT2D eigenvalue weighted by atomic mass is 9.81. The molecular formula is C22H20N2O2. The summed E-state index contributed by atoms with van der Waals surface area (Å²) in [5, 5.41) is 3.25. The molecule has 0 atom stereocenters. The number of para-hydroxylation sites is 1. The fourth-order valence-electron chi connectivity index (χ4n) is 3.23. The highest BCUT2D eigenvalue weighted by molar-refractivity contribution is 6.32. The number of nitrogens with one attached hydrogen (secondary N) is 1. The molecule has 0 spiro atoms. The van der Waals surface area contributed by atoms with Crippen molar-refractivity contribution in [1.29, 1.82) is 0 Å². The van der Waals surface area contributed by atoms with Crippen LogP contribution in [0.4, 0.5) is 17.1 Å². The van der Waals surface area contributed by atoms with Crippen molar-refractivity contribution in [2.45, 2.75) is 14.4 Å². The van der Waals surface area contributed by atoms with Crippen molar-refractivity contribution in [3.63, 3.8) is 0 Å². The molecule has 0 bridgehead atoms. The zero-order valence-corrected chi connectivity index (χ0v) is 13.7. The van der Waals surface area contributed by atoms with E-state index in [0.717, 1.165) is 11.3 Å². The summed E-state index contributed by atoms with van der Waals surface area (Å²) in [6.07, 6.45) is 0. The number of carbonyl (C=O) groups is 2. The molecule has 0 amide bonds. The van der Waals surface area contributed by atoms with E-state index >= 15 is 0 Å². The summed E-state index contributed by atoms with van der Waals surface area (Å²) >= 11 is 0. The highest BCUT2D eigenvalue weighted by atomic mass is 16.1. The molecule has 3 aromatic carbocycles. The van der Waals surface area contributed by atoms with E-state index in [1.165, 1.54) is 0 Å². The van der Waals surface area contributed by atoms with E-state index in [-0.39, 0.29) is 19.0 Å². The molecule has 1 aliphatic carbocycles. The van der Waals surface area contributed by atoms with Gasteiger partial charge in [-0.1, -0.05) is 49.9 Å². The lowest BCUT2D eigenvalue weighted by molar-refractivity contribution is 0.0980. The van der Waals surface area contributed by atoms with Gasteiger partial charge in [0.25, 0.3) is 0 Å². The minimum atomic E-state index is -0.206. The summed E-state index contributed by atoms with van der Waals surface area (Å²) in [5.74, 6) is -0.391. The Kier molecular flexibility index (Phi) is 4.34. The standard InChI is InChI=1S/C21H16N2O2.CH4/c1-12-11-16(23-13-7-3-2-4-8-13)17-18(19(12)22)21(25)15-10-6-5-9-14(15)20(17)24;/h2-11,23H,22H2,1H3;1H4. The maximum atomic E-state index is 13.1. The molecule has 3 aromatic rings. The first-order valence-corrected chi connectivity index (χ1v) is 8.01. The van der Waals surface area contributed by atoms with Crippen molar-refractivity contribution in [1.82, 2.24) is 0 Å². The van der Waals surface area contributed by atoms with Crippen molar-refractivity contribution < 1.29 is 9.59 Å². The quantitative estimate of drug-likeness (QED) is 0.516. The molecule has 0 saturated heterocycles. The van der Waals surface area contributed by atoms with E-state index in [1.54, 1.807) is 24.3 Å². The molecule has 1 aliphatic rings. The largest absolute Gasteiger partial charge is 0.398 e. The van der Waals surface area contributed by atoms with Gasteiger partial charge < -0.3 is 11.1 Å². The lowest BCUT2D eigenvalue weighted by Crippen LogP contribution is -2.24. The van der Waals surface area contributed by atoms with Crippen LogP contribution in [0.5, 0.6) is 0 Å². The number of hydrogen-bond donors (Lipinski definition) is 2. The second-order valence-electron chi connectivity index (χ2n) is 6.10. The van der Waals surface area contributed by atoms with Crippen molar-refractivity contribution in [3.8, 4) is 0 Å². The van der Waals surface area contributed by atoms with Gasteiger partial charge in [0.2, 0.25) is 0 Å². The average molecular weight is 344 g/mol. The molecule has 0 heterocycles. The Labute approximate surface area is 152 Å². The highest BCUT2D eigenvalue weighted by Crippen LogP contribution is 2.38. The van der Waals surface area contributed by atoms with Crippen LogP contribution in [0.15, 0.2) is 60.7 Å². The molecule has 0 unspecified atom stereocenters. The summed E-state index contributed by atoms with van der Waals surface area (Å²) in [6, 6.07) is 18.2. The second kappa shape index (κ2) is 6.48. The predicted octanol–water partition coefficient (Wildman–Crippen LogP) is 4.73. The Hall–Kier alpha value is -3.40. The molecule has 0 fully saturated rings. The van der Waals surface area contributed by atoms with Crippen LogP contribution in [0, 0.1) is 6.92 Å². The third-order valence-corrected chi connectivity index (χ3v) is 4.50. The SMILES string of the molecule is C.Cc1cc(Nc2ccccc2)c2c(c1N)C(=O)c1ccccc1C2=O. The van der Waals surface area contributed by atoms with Gasteiger partial charge in [-0.3, -0.25) is 9.59 Å². The van der Waals surface area contributed by atoms with E-state index in [2.05, 4.69) is 5.32 Å². The monoisotopic (exact) mass is 344 g/mol. The van der Waals surface area contributed by atoms with Crippen LogP contribution in [-0.2, 0) is 0 Å². The number of carbonyl (C=O) groups excluding carboxylic acids is 2. The molecule has 0 aliphatic heterocycles. The first-order valence-electron chi connectivity index (χ1n) is 8.01. The number of aryl methyl sites for hydroxylation is 1. The minimum Gasteiger partial charge on any atom is -0.398 e. The van der Waals surface area contributed by atoms with Gasteiger partial charge in [-0.25, -0.2) is 0 Å². The van der Waals surface area contributed by atoms with Crippen LogP contribution in [0.2, 0.25) is 0 Å². The molecule has 3 N–H and O–H groups in total. The maximum absolute atomic E-state index is 13.1. The fraction of sp³-hybridized carbons (Fsp3) is 0.0909. The highest BCUT2D eigenvalue weighted by Gasteiger charge is 2.34. The van der Waals surface area contributed by atoms with Gasteiger partial charge in [0.15, 0.2) is 11.6 Å². The number of nitrogen functional groups attached to an aromatic ring is 1. The number of hydrogen-bond acceptors (Lipinski definition) is 4. The van der Waals surface area contributed by atoms with Gasteiger partial charge in [-0.05, 0) is 30.7 Å². The van der Waals surface area contributed by atoms with E-state index in [0.29, 0.717) is 33.6 Å². The van der Waals surface area contributed by atoms with Gasteiger partial charge >= 0.3 is 0 Å². The first-order chi connectivity index (χ1) is 12.1. The number of nitrogens with two attached hydrogens (primary N) is 1. The molecule has 0 saturated carbocycles. The summed E-state index contributed by atoms with van der Waals surface area (Å²) in [5.41, 5.74) is 10.2. The molecule has 130 valence electrons. The molecular weight excluding hydrogens is 324 g/mol. The van der Waals surface area contributed by atoms with Crippen molar-refractivity contribution in [2.24, 2.45) is 0 Å². The first kappa shape index (κ1) is 17.4. The van der Waals surface area contributed by atoms with Gasteiger partial charge in [0, 0.05) is 22.5 Å². The van der Waals surface area contributed by atoms with Crippen LogP contribution >= 0.6 is 0 Å². The third kappa shape index (κ3) is 2.56. The zero-order valence-electron chi connectivity index (χ0n) is 13.7. The van der Waals surface area contributed by atoms with Crippen molar-refractivity contribution in [2.75, 3.05) is 11.1 Å². The maximum Gasteiger partial charge on any atom is 0.196 e. The van der Waals surface area contributed by atoms with Gasteiger partial charge in [-0.2, -0.15) is 0 Å². The molecule has 0 aromatic heterocycles. The van der Waals surface area contributed by atoms with Crippen molar-refractivity contribution in [3.05, 3.63) is 88.5 Å². The smallest absolute Gasteiger partial charge is 0.196 e. The van der Waals surface area contributed by atoms with E-state index in [1.807, 2.05) is 43.3 Å². The zero-order chi connectivity index (χ0) is 17.6. The van der Waals surface area contributed by atoms with Crippen LogP contribution in [0.1, 0.15) is 44.8 Å². The number of ketones is 2. The van der Waals surface area contributed by atoms with Gasteiger partial charge in [0.05, 0.1) is 16.8 Å². The number of fused-ring (bicyclic) bond motifs is 2. The summed E-state index contributed by atoms with van der Waals surface area (Å²) in [7, 11) is 0. The van der Waals surface area contributed by atoms with Crippen molar-refractivity contribution >= 4 is 28.6 Å². The number of benzene rings is 3. The average Bonchev–Trinajstić information content (AvgIpc) is 2.63. The molecule has 26 heavy (non-hydrogen) atoms. The number of rotatable bonds is 2.